The van der Waals surface area contributed by atoms with Gasteiger partial charge in [0.2, 0.25) is 0 Å². The Balaban J connectivity index is 2.08. The maximum absolute atomic E-state index is 12.0. The first-order valence-corrected chi connectivity index (χ1v) is 6.95. The summed E-state index contributed by atoms with van der Waals surface area (Å²) in [5.74, 6) is -0.144. The van der Waals surface area contributed by atoms with Crippen LogP contribution in [0.5, 0.6) is 0 Å². The molecule has 2 nitrogen and oxygen atoms in total. The summed E-state index contributed by atoms with van der Waals surface area (Å²) < 4.78 is 0.717. The van der Waals surface area contributed by atoms with Gasteiger partial charge in [0.1, 0.15) is 0 Å². The van der Waals surface area contributed by atoms with E-state index in [4.69, 9.17) is 23.2 Å². The average Bonchev–Trinajstić information content (AvgIpc) is 2.76. The third kappa shape index (κ3) is 3.25. The van der Waals surface area contributed by atoms with Crippen LogP contribution < -0.4 is 5.32 Å². The first kappa shape index (κ1) is 13.4. The number of thiophene rings is 1. The standard InChI is InChI=1S/C13H11Cl2NOS/c1-8(11-5-6-12(15)18-11)16-13(17)9-3-2-4-10(14)7-9/h2-8H,1H3,(H,16,17). The molecule has 0 aliphatic rings. The summed E-state index contributed by atoms with van der Waals surface area (Å²) in [5, 5.41) is 3.46. The van der Waals surface area contributed by atoms with E-state index in [0.29, 0.717) is 14.9 Å². The molecule has 1 aromatic heterocycles. The van der Waals surface area contributed by atoms with E-state index in [-0.39, 0.29) is 11.9 Å². The first-order chi connectivity index (χ1) is 8.56. The molecule has 0 radical (unpaired) electrons. The first-order valence-electron chi connectivity index (χ1n) is 5.38. The van der Waals surface area contributed by atoms with E-state index < -0.39 is 0 Å². The maximum Gasteiger partial charge on any atom is 0.251 e. The van der Waals surface area contributed by atoms with Crippen LogP contribution in [0.25, 0.3) is 0 Å². The minimum absolute atomic E-state index is 0.0750. The van der Waals surface area contributed by atoms with Crippen LogP contribution in [0.1, 0.15) is 28.2 Å². The van der Waals surface area contributed by atoms with Crippen LogP contribution >= 0.6 is 34.5 Å². The zero-order chi connectivity index (χ0) is 13.1. The highest BCUT2D eigenvalue weighted by Crippen LogP contribution is 2.26. The van der Waals surface area contributed by atoms with E-state index in [1.54, 1.807) is 24.3 Å². The molecule has 0 aliphatic heterocycles. The van der Waals surface area contributed by atoms with Gasteiger partial charge in [0.25, 0.3) is 5.91 Å². The van der Waals surface area contributed by atoms with Crippen LogP contribution in [0.4, 0.5) is 0 Å². The number of halogens is 2. The van der Waals surface area contributed by atoms with Crippen LogP contribution in [0.15, 0.2) is 36.4 Å². The van der Waals surface area contributed by atoms with Gasteiger partial charge in [-0.1, -0.05) is 29.3 Å². The lowest BCUT2D eigenvalue weighted by Crippen LogP contribution is -2.26. The molecule has 0 saturated carbocycles. The summed E-state index contributed by atoms with van der Waals surface area (Å²) in [7, 11) is 0. The van der Waals surface area contributed by atoms with E-state index in [1.165, 1.54) is 11.3 Å². The highest BCUT2D eigenvalue weighted by atomic mass is 35.5. The molecule has 1 heterocycles. The SMILES string of the molecule is CC(NC(=O)c1cccc(Cl)c1)c1ccc(Cl)s1. The smallest absolute Gasteiger partial charge is 0.251 e. The second-order valence-corrected chi connectivity index (χ2v) is 6.03. The summed E-state index contributed by atoms with van der Waals surface area (Å²) in [6.45, 7) is 1.92. The van der Waals surface area contributed by atoms with Crippen molar-refractivity contribution in [3.8, 4) is 0 Å². The molecule has 0 bridgehead atoms. The van der Waals surface area contributed by atoms with Crippen molar-refractivity contribution in [2.24, 2.45) is 0 Å². The van der Waals surface area contributed by atoms with Crippen LogP contribution in [-0.2, 0) is 0 Å². The van der Waals surface area contributed by atoms with Gasteiger partial charge in [-0.25, -0.2) is 0 Å². The number of rotatable bonds is 3. The predicted octanol–water partition coefficient (Wildman–Crippen LogP) is 4.55. The molecule has 0 fully saturated rings. The Morgan fingerprint density at radius 2 is 2.06 bits per heavy atom. The molecule has 0 saturated heterocycles. The number of carbonyl (C=O) groups is 1. The third-order valence-electron chi connectivity index (χ3n) is 2.46. The monoisotopic (exact) mass is 299 g/mol. The van der Waals surface area contributed by atoms with Gasteiger partial charge >= 0.3 is 0 Å². The molecule has 0 aliphatic carbocycles. The lowest BCUT2D eigenvalue weighted by atomic mass is 10.2. The molecule has 5 heteroatoms. The van der Waals surface area contributed by atoms with Gasteiger partial charge in [0.05, 0.1) is 10.4 Å². The molecule has 94 valence electrons. The number of nitrogens with one attached hydrogen (secondary N) is 1. The topological polar surface area (TPSA) is 29.1 Å². The van der Waals surface area contributed by atoms with Gasteiger partial charge < -0.3 is 5.32 Å². The fourth-order valence-electron chi connectivity index (χ4n) is 1.54. The number of hydrogen-bond donors (Lipinski definition) is 1. The predicted molar refractivity (Wildman–Crippen MR) is 76.7 cm³/mol. The van der Waals surface area contributed by atoms with E-state index in [9.17, 15) is 4.79 Å². The molecule has 1 atom stereocenters. The molecule has 1 aromatic carbocycles. The second-order valence-electron chi connectivity index (χ2n) is 3.85. The number of hydrogen-bond acceptors (Lipinski definition) is 2. The third-order valence-corrected chi connectivity index (χ3v) is 4.10. The highest BCUT2D eigenvalue weighted by molar-refractivity contribution is 7.16. The zero-order valence-corrected chi connectivity index (χ0v) is 11.9. The minimum Gasteiger partial charge on any atom is -0.345 e. The van der Waals surface area contributed by atoms with E-state index >= 15 is 0 Å². The summed E-state index contributed by atoms with van der Waals surface area (Å²) in [6.07, 6.45) is 0. The van der Waals surface area contributed by atoms with Gasteiger partial charge in [-0.3, -0.25) is 4.79 Å². The minimum atomic E-state index is -0.144. The number of benzene rings is 1. The summed E-state index contributed by atoms with van der Waals surface area (Å²) in [5.41, 5.74) is 0.553. The Labute approximate surface area is 120 Å². The van der Waals surface area contributed by atoms with Crippen molar-refractivity contribution in [2.45, 2.75) is 13.0 Å². The molecule has 2 rings (SSSR count). The Morgan fingerprint density at radius 1 is 1.28 bits per heavy atom. The largest absolute Gasteiger partial charge is 0.345 e. The quantitative estimate of drug-likeness (QED) is 0.885. The lowest BCUT2D eigenvalue weighted by Gasteiger charge is -2.12. The molecule has 1 N–H and O–H groups in total. The molecule has 2 aromatic rings. The van der Waals surface area contributed by atoms with Crippen molar-refractivity contribution in [1.29, 1.82) is 0 Å². The molecule has 1 unspecified atom stereocenters. The van der Waals surface area contributed by atoms with Crippen LogP contribution in [-0.4, -0.2) is 5.91 Å². The maximum atomic E-state index is 12.0. The van der Waals surface area contributed by atoms with Gasteiger partial charge in [-0.2, -0.15) is 0 Å². The van der Waals surface area contributed by atoms with E-state index in [1.807, 2.05) is 19.1 Å². The molecule has 18 heavy (non-hydrogen) atoms. The van der Waals surface area contributed by atoms with Crippen molar-refractivity contribution < 1.29 is 4.79 Å². The fourth-order valence-corrected chi connectivity index (χ4v) is 2.80. The van der Waals surface area contributed by atoms with Crippen molar-refractivity contribution >= 4 is 40.4 Å². The van der Waals surface area contributed by atoms with Crippen molar-refractivity contribution in [1.82, 2.24) is 5.32 Å². The Bertz CT molecular complexity index is 568. The van der Waals surface area contributed by atoms with Crippen LogP contribution in [0, 0.1) is 0 Å². The van der Waals surface area contributed by atoms with Gasteiger partial charge in [0.15, 0.2) is 0 Å². The molecule has 0 spiro atoms. The average molecular weight is 300 g/mol. The number of carbonyl (C=O) groups excluding carboxylic acids is 1. The molecule has 1 amide bonds. The van der Waals surface area contributed by atoms with Gasteiger partial charge in [-0.05, 0) is 37.3 Å². The lowest BCUT2D eigenvalue weighted by molar-refractivity contribution is 0.0940. The summed E-state index contributed by atoms with van der Waals surface area (Å²) in [4.78, 5) is 13.0. The van der Waals surface area contributed by atoms with E-state index in [0.717, 1.165) is 4.88 Å². The Morgan fingerprint density at radius 3 is 2.67 bits per heavy atom. The van der Waals surface area contributed by atoms with Crippen LogP contribution in [0.3, 0.4) is 0 Å². The highest BCUT2D eigenvalue weighted by Gasteiger charge is 2.13. The fraction of sp³-hybridized carbons (Fsp3) is 0.154. The Kier molecular flexibility index (Phi) is 4.27. The Hall–Kier alpha value is -1.03. The second kappa shape index (κ2) is 5.74. The normalized spacial score (nSPS) is 12.2. The van der Waals surface area contributed by atoms with E-state index in [2.05, 4.69) is 5.32 Å². The van der Waals surface area contributed by atoms with Crippen molar-refractivity contribution in [2.75, 3.05) is 0 Å². The summed E-state index contributed by atoms with van der Waals surface area (Å²) >= 11 is 13.2. The zero-order valence-electron chi connectivity index (χ0n) is 9.61. The van der Waals surface area contributed by atoms with Crippen molar-refractivity contribution in [3.05, 3.63) is 56.2 Å². The van der Waals surface area contributed by atoms with Crippen molar-refractivity contribution in [3.63, 3.8) is 0 Å². The summed E-state index contributed by atoms with van der Waals surface area (Å²) in [6, 6.07) is 10.5. The number of amides is 1. The van der Waals surface area contributed by atoms with Gasteiger partial charge in [0, 0.05) is 15.5 Å². The molecular weight excluding hydrogens is 289 g/mol. The molecular formula is C13H11Cl2NOS. The van der Waals surface area contributed by atoms with Gasteiger partial charge in [-0.15, -0.1) is 11.3 Å². The van der Waals surface area contributed by atoms with Crippen LogP contribution in [0.2, 0.25) is 9.36 Å².